The molecule has 0 aromatic carbocycles. The van der Waals surface area contributed by atoms with Crippen LogP contribution in [-0.2, 0) is 0 Å². The van der Waals surface area contributed by atoms with Crippen LogP contribution in [0, 0.1) is 20.8 Å². The van der Waals surface area contributed by atoms with Gasteiger partial charge in [-0.1, -0.05) is 11.2 Å². The first-order valence-corrected chi connectivity index (χ1v) is 9.57. The van der Waals surface area contributed by atoms with Crippen LogP contribution in [0.2, 0.25) is 0 Å². The molecule has 3 aromatic rings. The Morgan fingerprint density at radius 3 is 2.17 bits per heavy atom. The molecule has 0 atom stereocenters. The van der Waals surface area contributed by atoms with Gasteiger partial charge in [-0.3, -0.25) is 4.98 Å². The summed E-state index contributed by atoms with van der Waals surface area (Å²) < 4.78 is 93.1. The van der Waals surface area contributed by atoms with Gasteiger partial charge in [0.1, 0.15) is 5.76 Å². The lowest BCUT2D eigenvalue weighted by atomic mass is 9.94. The molecule has 30 heavy (non-hydrogen) atoms. The van der Waals surface area contributed by atoms with E-state index in [1.165, 1.54) is 33.0 Å². The lowest BCUT2D eigenvalue weighted by Crippen LogP contribution is -2.49. The third kappa shape index (κ3) is 2.59. The van der Waals surface area contributed by atoms with Crippen molar-refractivity contribution in [3.63, 3.8) is 0 Å². The smallest absolute Gasteiger partial charge is 0.361 e. The molecule has 0 unspecified atom stereocenters. The van der Waals surface area contributed by atoms with Gasteiger partial charge >= 0.3 is 17.8 Å². The van der Waals surface area contributed by atoms with Crippen molar-refractivity contribution in [2.75, 3.05) is 0 Å². The Hall–Kier alpha value is -2.62. The second-order valence-corrected chi connectivity index (χ2v) is 8.22. The first-order valence-electron chi connectivity index (χ1n) is 8.75. The molecule has 1 aliphatic carbocycles. The zero-order valence-electron chi connectivity index (χ0n) is 15.9. The minimum Gasteiger partial charge on any atom is -0.361 e. The summed E-state index contributed by atoms with van der Waals surface area (Å²) in [5.41, 5.74) is -3.54. The summed E-state index contributed by atoms with van der Waals surface area (Å²) in [6.07, 6.45) is 1.48. The van der Waals surface area contributed by atoms with Crippen molar-refractivity contribution in [2.24, 2.45) is 0 Å². The number of hydrogen-bond donors (Lipinski definition) is 0. The summed E-state index contributed by atoms with van der Waals surface area (Å²) in [6.45, 7) is 3.86. The molecule has 3 heterocycles. The van der Waals surface area contributed by atoms with Gasteiger partial charge in [-0.05, 0) is 44.5 Å². The highest BCUT2D eigenvalue weighted by Gasteiger charge is 2.80. The summed E-state index contributed by atoms with van der Waals surface area (Å²) in [5.74, 6) is -16.1. The number of rotatable bonds is 3. The fraction of sp³-hybridized carbons (Fsp3) is 0.300. The Labute approximate surface area is 171 Å². The summed E-state index contributed by atoms with van der Waals surface area (Å²) in [7, 11) is 0. The summed E-state index contributed by atoms with van der Waals surface area (Å²) in [5, 5.41) is 3.49. The SMILES string of the molecule is Cc1noc(C)c1C1=C(c2cc(-c3ccccn3)sc2C)C(F)(F)C(F)(F)C1(F)F. The van der Waals surface area contributed by atoms with E-state index in [1.807, 2.05) is 0 Å². The highest BCUT2D eigenvalue weighted by molar-refractivity contribution is 7.15. The molecule has 0 N–H and O–H groups in total. The van der Waals surface area contributed by atoms with Crippen LogP contribution in [0.25, 0.3) is 21.7 Å². The van der Waals surface area contributed by atoms with Crippen LogP contribution in [0.15, 0.2) is 35.0 Å². The van der Waals surface area contributed by atoms with Gasteiger partial charge in [0.2, 0.25) is 0 Å². The van der Waals surface area contributed by atoms with Gasteiger partial charge in [-0.2, -0.15) is 26.3 Å². The summed E-state index contributed by atoms with van der Waals surface area (Å²) >= 11 is 1.00. The van der Waals surface area contributed by atoms with E-state index >= 15 is 0 Å². The second-order valence-electron chi connectivity index (χ2n) is 6.97. The molecule has 0 radical (unpaired) electrons. The molecule has 4 rings (SSSR count). The third-order valence-electron chi connectivity index (χ3n) is 5.05. The largest absolute Gasteiger partial charge is 0.380 e. The molecule has 0 saturated carbocycles. The predicted octanol–water partition coefficient (Wildman–Crippen LogP) is 6.55. The number of alkyl halides is 6. The number of thiophene rings is 1. The van der Waals surface area contributed by atoms with Crippen LogP contribution in [0.5, 0.6) is 0 Å². The van der Waals surface area contributed by atoms with E-state index in [0.717, 1.165) is 11.3 Å². The Morgan fingerprint density at radius 1 is 0.933 bits per heavy atom. The van der Waals surface area contributed by atoms with Crippen molar-refractivity contribution in [3.8, 4) is 10.6 Å². The van der Waals surface area contributed by atoms with Gasteiger partial charge < -0.3 is 4.52 Å². The van der Waals surface area contributed by atoms with Gasteiger partial charge in [-0.25, -0.2) is 0 Å². The lowest BCUT2D eigenvalue weighted by Gasteiger charge is -2.25. The average molecular weight is 444 g/mol. The first kappa shape index (κ1) is 20.6. The van der Waals surface area contributed by atoms with Crippen LogP contribution in [0.3, 0.4) is 0 Å². The first-order chi connectivity index (χ1) is 13.9. The zero-order valence-corrected chi connectivity index (χ0v) is 16.7. The number of aryl methyl sites for hydroxylation is 3. The fourth-order valence-electron chi connectivity index (χ4n) is 3.62. The fourth-order valence-corrected chi connectivity index (χ4v) is 4.62. The van der Waals surface area contributed by atoms with Crippen LogP contribution in [0.4, 0.5) is 26.3 Å². The molecule has 1 aliphatic rings. The molecule has 0 amide bonds. The number of halogens is 6. The van der Waals surface area contributed by atoms with Crippen molar-refractivity contribution in [2.45, 2.75) is 38.5 Å². The third-order valence-corrected chi connectivity index (χ3v) is 6.13. The normalized spacial score (nSPS) is 19.5. The van der Waals surface area contributed by atoms with Crippen molar-refractivity contribution < 1.29 is 30.9 Å². The second kappa shape index (κ2) is 6.44. The van der Waals surface area contributed by atoms with E-state index in [9.17, 15) is 26.3 Å². The highest BCUT2D eigenvalue weighted by Crippen LogP contribution is 2.65. The molecule has 10 heteroatoms. The molecule has 0 aliphatic heterocycles. The zero-order chi connectivity index (χ0) is 22.1. The molecule has 0 fully saturated rings. The minimum atomic E-state index is -5.62. The molecule has 3 aromatic heterocycles. The number of allylic oxidation sites excluding steroid dienone is 2. The maximum Gasteiger partial charge on any atom is 0.380 e. The molecular formula is C20H14F6N2OS. The monoisotopic (exact) mass is 444 g/mol. The van der Waals surface area contributed by atoms with Crippen molar-refractivity contribution in [1.29, 1.82) is 0 Å². The molecule has 158 valence electrons. The predicted molar refractivity (Wildman–Crippen MR) is 99.9 cm³/mol. The van der Waals surface area contributed by atoms with E-state index in [4.69, 9.17) is 4.52 Å². The Bertz CT molecular complexity index is 1140. The highest BCUT2D eigenvalue weighted by atomic mass is 32.1. The average Bonchev–Trinajstić information content (AvgIpc) is 3.24. The Balaban J connectivity index is 2.07. The van der Waals surface area contributed by atoms with Crippen molar-refractivity contribution >= 4 is 22.5 Å². The number of aromatic nitrogens is 2. The van der Waals surface area contributed by atoms with Gasteiger partial charge in [0.15, 0.2) is 0 Å². The van der Waals surface area contributed by atoms with E-state index in [-0.39, 0.29) is 21.9 Å². The Morgan fingerprint density at radius 2 is 1.60 bits per heavy atom. The van der Waals surface area contributed by atoms with Gasteiger partial charge in [0.25, 0.3) is 0 Å². The summed E-state index contributed by atoms with van der Waals surface area (Å²) in [4.78, 5) is 4.68. The standard InChI is InChI=1S/C20H14F6N2OS/c1-9-15(10(2)29-28-9)17-16(18(21,22)20(25,26)19(17,23)24)12-8-14(30-11(12)3)13-6-4-5-7-27-13/h4-8H,1-3H3. The quantitative estimate of drug-likeness (QED) is 0.430. The van der Waals surface area contributed by atoms with Crippen molar-refractivity contribution in [3.05, 3.63) is 57.9 Å². The Kier molecular flexibility index (Phi) is 4.43. The maximum atomic E-state index is 14.9. The van der Waals surface area contributed by atoms with E-state index in [0.29, 0.717) is 10.6 Å². The summed E-state index contributed by atoms with van der Waals surface area (Å²) in [6, 6.07) is 6.11. The molecule has 0 saturated heterocycles. The van der Waals surface area contributed by atoms with Crippen LogP contribution < -0.4 is 0 Å². The van der Waals surface area contributed by atoms with Crippen molar-refractivity contribution in [1.82, 2.24) is 10.1 Å². The van der Waals surface area contributed by atoms with Gasteiger partial charge in [0, 0.05) is 22.2 Å². The molecule has 0 spiro atoms. The van der Waals surface area contributed by atoms with E-state index in [1.54, 1.807) is 18.2 Å². The number of hydrogen-bond acceptors (Lipinski definition) is 4. The molecular weight excluding hydrogens is 430 g/mol. The van der Waals surface area contributed by atoms with Crippen LogP contribution in [0.1, 0.15) is 27.5 Å². The number of nitrogens with zero attached hydrogens (tertiary/aromatic N) is 2. The lowest BCUT2D eigenvalue weighted by molar-refractivity contribution is -0.254. The minimum absolute atomic E-state index is 0.175. The topological polar surface area (TPSA) is 38.9 Å². The number of pyridine rings is 1. The van der Waals surface area contributed by atoms with Gasteiger partial charge in [0.05, 0.1) is 21.8 Å². The van der Waals surface area contributed by atoms with E-state index in [2.05, 4.69) is 10.1 Å². The van der Waals surface area contributed by atoms with Gasteiger partial charge in [-0.15, -0.1) is 11.3 Å². The van der Waals surface area contributed by atoms with Crippen LogP contribution >= 0.6 is 11.3 Å². The molecule has 0 bridgehead atoms. The molecule has 3 nitrogen and oxygen atoms in total. The maximum absolute atomic E-state index is 14.9. The van der Waals surface area contributed by atoms with Crippen LogP contribution in [-0.4, -0.2) is 27.9 Å². The van der Waals surface area contributed by atoms with E-state index < -0.39 is 34.5 Å².